The standard InChI is InChI=1S/C13H21N5O2/c1-4-18(8-9(2)12(14)17-20)10-5-6-16-11(7-10)13(19)15-3/h5-7,9,20H,4,8H2,1-3H3,(H2,14,17)(H,15,19). The van der Waals surface area contributed by atoms with Crippen LogP contribution in [0.25, 0.3) is 0 Å². The van der Waals surface area contributed by atoms with E-state index in [-0.39, 0.29) is 17.7 Å². The fourth-order valence-electron chi connectivity index (χ4n) is 1.81. The minimum absolute atomic E-state index is 0.100. The number of carbonyl (C=O) groups excluding carboxylic acids is 1. The normalized spacial score (nSPS) is 12.8. The first kappa shape index (κ1) is 15.7. The molecule has 7 heteroatoms. The second-order valence-corrected chi connectivity index (χ2v) is 4.44. The number of carbonyl (C=O) groups is 1. The first-order valence-corrected chi connectivity index (χ1v) is 6.44. The number of nitrogens with one attached hydrogen (secondary N) is 1. The van der Waals surface area contributed by atoms with Gasteiger partial charge in [0.05, 0.1) is 0 Å². The van der Waals surface area contributed by atoms with E-state index in [1.54, 1.807) is 19.3 Å². The minimum Gasteiger partial charge on any atom is -0.409 e. The summed E-state index contributed by atoms with van der Waals surface area (Å²) in [6, 6.07) is 3.55. The van der Waals surface area contributed by atoms with Crippen LogP contribution < -0.4 is 16.0 Å². The van der Waals surface area contributed by atoms with E-state index in [1.165, 1.54) is 0 Å². The van der Waals surface area contributed by atoms with Crippen molar-refractivity contribution in [1.29, 1.82) is 0 Å². The number of anilines is 1. The fourth-order valence-corrected chi connectivity index (χ4v) is 1.81. The Morgan fingerprint density at radius 3 is 2.90 bits per heavy atom. The zero-order valence-electron chi connectivity index (χ0n) is 12.0. The van der Waals surface area contributed by atoms with Gasteiger partial charge in [0.1, 0.15) is 11.5 Å². The van der Waals surface area contributed by atoms with E-state index in [1.807, 2.05) is 24.8 Å². The number of amides is 1. The molecule has 0 saturated heterocycles. The summed E-state index contributed by atoms with van der Waals surface area (Å²) in [5.74, 6) is -0.145. The van der Waals surface area contributed by atoms with Gasteiger partial charge in [-0.25, -0.2) is 0 Å². The number of pyridine rings is 1. The highest BCUT2D eigenvalue weighted by Gasteiger charge is 2.15. The lowest BCUT2D eigenvalue weighted by molar-refractivity contribution is 0.0958. The summed E-state index contributed by atoms with van der Waals surface area (Å²) in [5.41, 5.74) is 6.83. The molecular weight excluding hydrogens is 258 g/mol. The number of amidine groups is 1. The Labute approximate surface area is 118 Å². The predicted octanol–water partition coefficient (Wildman–Crippen LogP) is 0.650. The largest absolute Gasteiger partial charge is 0.409 e. The van der Waals surface area contributed by atoms with Crippen LogP contribution in [0.3, 0.4) is 0 Å². The molecule has 1 unspecified atom stereocenters. The van der Waals surface area contributed by atoms with Gasteiger partial charge in [0, 0.05) is 37.9 Å². The molecule has 0 saturated carbocycles. The Balaban J connectivity index is 2.92. The maximum absolute atomic E-state index is 11.6. The number of rotatable bonds is 6. The molecule has 1 aromatic rings. The zero-order chi connectivity index (χ0) is 15.1. The average Bonchev–Trinajstić information content (AvgIpc) is 2.50. The molecule has 20 heavy (non-hydrogen) atoms. The van der Waals surface area contributed by atoms with Gasteiger partial charge in [-0.15, -0.1) is 0 Å². The van der Waals surface area contributed by atoms with Crippen molar-refractivity contribution in [2.75, 3.05) is 25.0 Å². The lowest BCUT2D eigenvalue weighted by atomic mass is 10.1. The van der Waals surface area contributed by atoms with Crippen molar-refractivity contribution in [2.45, 2.75) is 13.8 Å². The van der Waals surface area contributed by atoms with Crippen LogP contribution >= 0.6 is 0 Å². The van der Waals surface area contributed by atoms with Crippen molar-refractivity contribution >= 4 is 17.4 Å². The average molecular weight is 279 g/mol. The van der Waals surface area contributed by atoms with Crippen molar-refractivity contribution in [3.05, 3.63) is 24.0 Å². The summed E-state index contributed by atoms with van der Waals surface area (Å²) < 4.78 is 0. The van der Waals surface area contributed by atoms with Crippen LogP contribution in [0.5, 0.6) is 0 Å². The molecule has 4 N–H and O–H groups in total. The molecular formula is C13H21N5O2. The first-order valence-electron chi connectivity index (χ1n) is 6.44. The highest BCUT2D eigenvalue weighted by molar-refractivity contribution is 5.92. The summed E-state index contributed by atoms with van der Waals surface area (Å²) in [4.78, 5) is 17.7. The van der Waals surface area contributed by atoms with Crippen LogP contribution in [0.2, 0.25) is 0 Å². The van der Waals surface area contributed by atoms with Crippen LogP contribution in [0.4, 0.5) is 5.69 Å². The van der Waals surface area contributed by atoms with Gasteiger partial charge in [-0.2, -0.15) is 0 Å². The summed E-state index contributed by atoms with van der Waals surface area (Å²) in [7, 11) is 1.56. The van der Waals surface area contributed by atoms with Gasteiger partial charge < -0.3 is 21.2 Å². The molecule has 0 spiro atoms. The van der Waals surface area contributed by atoms with E-state index < -0.39 is 0 Å². The third-order valence-corrected chi connectivity index (χ3v) is 3.06. The van der Waals surface area contributed by atoms with Crippen LogP contribution in [0, 0.1) is 5.92 Å². The highest BCUT2D eigenvalue weighted by Crippen LogP contribution is 2.16. The summed E-state index contributed by atoms with van der Waals surface area (Å²) in [5, 5.41) is 14.3. The first-order chi connectivity index (χ1) is 9.53. The maximum Gasteiger partial charge on any atom is 0.269 e. The Bertz CT molecular complexity index is 489. The quantitative estimate of drug-likeness (QED) is 0.307. The molecule has 0 bridgehead atoms. The minimum atomic E-state index is -0.229. The number of nitrogens with zero attached hydrogens (tertiary/aromatic N) is 3. The maximum atomic E-state index is 11.6. The molecule has 7 nitrogen and oxygen atoms in total. The van der Waals surface area contributed by atoms with E-state index in [0.717, 1.165) is 12.2 Å². The molecule has 0 aliphatic rings. The number of oxime groups is 1. The molecule has 0 fully saturated rings. The van der Waals surface area contributed by atoms with E-state index in [0.29, 0.717) is 12.2 Å². The summed E-state index contributed by atoms with van der Waals surface area (Å²) in [6.45, 7) is 5.20. The number of hydrogen-bond donors (Lipinski definition) is 3. The molecule has 110 valence electrons. The van der Waals surface area contributed by atoms with E-state index in [4.69, 9.17) is 10.9 Å². The van der Waals surface area contributed by atoms with Crippen molar-refractivity contribution in [3.63, 3.8) is 0 Å². The van der Waals surface area contributed by atoms with Crippen molar-refractivity contribution in [3.8, 4) is 0 Å². The fraction of sp³-hybridized carbons (Fsp3) is 0.462. The molecule has 1 rings (SSSR count). The van der Waals surface area contributed by atoms with Gasteiger partial charge in [-0.05, 0) is 19.1 Å². The third kappa shape index (κ3) is 3.84. The van der Waals surface area contributed by atoms with Gasteiger partial charge in [-0.1, -0.05) is 12.1 Å². The molecule has 0 aliphatic heterocycles. The van der Waals surface area contributed by atoms with Gasteiger partial charge in [-0.3, -0.25) is 9.78 Å². The van der Waals surface area contributed by atoms with Gasteiger partial charge in [0.15, 0.2) is 0 Å². The van der Waals surface area contributed by atoms with E-state index in [2.05, 4.69) is 15.5 Å². The second-order valence-electron chi connectivity index (χ2n) is 4.44. The van der Waals surface area contributed by atoms with E-state index in [9.17, 15) is 4.79 Å². The van der Waals surface area contributed by atoms with Crippen molar-refractivity contribution in [1.82, 2.24) is 10.3 Å². The topological polar surface area (TPSA) is 104 Å². The molecule has 1 atom stereocenters. The van der Waals surface area contributed by atoms with Crippen LogP contribution in [-0.2, 0) is 0 Å². The monoisotopic (exact) mass is 279 g/mol. The lowest BCUT2D eigenvalue weighted by Crippen LogP contribution is -2.35. The second kappa shape index (κ2) is 7.32. The predicted molar refractivity (Wildman–Crippen MR) is 78.1 cm³/mol. The SMILES string of the molecule is CCN(CC(C)C(N)=NO)c1ccnc(C(=O)NC)c1. The Morgan fingerprint density at radius 2 is 2.35 bits per heavy atom. The Kier molecular flexibility index (Phi) is 5.76. The molecule has 1 aromatic heterocycles. The van der Waals surface area contributed by atoms with Crippen LogP contribution in [0.1, 0.15) is 24.3 Å². The lowest BCUT2D eigenvalue weighted by Gasteiger charge is -2.26. The molecule has 0 aliphatic carbocycles. The zero-order valence-corrected chi connectivity index (χ0v) is 12.0. The number of hydrogen-bond acceptors (Lipinski definition) is 5. The smallest absolute Gasteiger partial charge is 0.269 e. The van der Waals surface area contributed by atoms with Gasteiger partial charge in [0.25, 0.3) is 5.91 Å². The highest BCUT2D eigenvalue weighted by atomic mass is 16.4. The summed E-state index contributed by atoms with van der Waals surface area (Å²) >= 11 is 0. The van der Waals surface area contributed by atoms with Crippen molar-refractivity contribution < 1.29 is 10.0 Å². The third-order valence-electron chi connectivity index (χ3n) is 3.06. The number of aromatic nitrogens is 1. The van der Waals surface area contributed by atoms with E-state index >= 15 is 0 Å². The van der Waals surface area contributed by atoms with Crippen molar-refractivity contribution in [2.24, 2.45) is 16.8 Å². The molecule has 1 heterocycles. The van der Waals surface area contributed by atoms with Crippen LogP contribution in [0.15, 0.2) is 23.5 Å². The number of nitrogens with two attached hydrogens (primary N) is 1. The molecule has 1 amide bonds. The molecule has 0 radical (unpaired) electrons. The van der Waals surface area contributed by atoms with Crippen LogP contribution in [-0.4, -0.2) is 42.1 Å². The Hall–Kier alpha value is -2.31. The Morgan fingerprint density at radius 1 is 1.65 bits per heavy atom. The molecule has 0 aromatic carbocycles. The summed E-state index contributed by atoms with van der Waals surface area (Å²) in [6.07, 6.45) is 1.59. The van der Waals surface area contributed by atoms with Gasteiger partial charge in [0.2, 0.25) is 0 Å². The van der Waals surface area contributed by atoms with Gasteiger partial charge >= 0.3 is 0 Å².